The molecule has 3 rings (SSSR count). The molecule has 34 heavy (non-hydrogen) atoms. The maximum atomic E-state index is 12.9. The van der Waals surface area contributed by atoms with Crippen LogP contribution in [0.1, 0.15) is 25.0 Å². The molecule has 0 spiro atoms. The van der Waals surface area contributed by atoms with Crippen molar-refractivity contribution in [2.24, 2.45) is 0 Å². The van der Waals surface area contributed by atoms with E-state index in [1.54, 1.807) is 19.1 Å². The zero-order chi connectivity index (χ0) is 24.9. The molecule has 0 aliphatic rings. The van der Waals surface area contributed by atoms with Crippen LogP contribution in [-0.4, -0.2) is 30.0 Å². The van der Waals surface area contributed by atoms with E-state index in [-0.39, 0.29) is 15.5 Å². The summed E-state index contributed by atoms with van der Waals surface area (Å²) in [5, 5.41) is 0. The number of sulfonamides is 2. The van der Waals surface area contributed by atoms with E-state index in [9.17, 15) is 16.8 Å². The quantitative estimate of drug-likeness (QED) is 0.414. The van der Waals surface area contributed by atoms with Crippen LogP contribution < -0.4 is 18.9 Å². The average Bonchev–Trinajstić information content (AvgIpc) is 2.77. The zero-order valence-corrected chi connectivity index (χ0v) is 21.1. The maximum absolute atomic E-state index is 12.9. The number of hydrogen-bond donors (Lipinski definition) is 2. The molecule has 8 nitrogen and oxygen atoms in total. The van der Waals surface area contributed by atoms with Crippen molar-refractivity contribution in [3.63, 3.8) is 0 Å². The molecule has 0 heterocycles. The van der Waals surface area contributed by atoms with E-state index >= 15 is 0 Å². The minimum atomic E-state index is -3.94. The highest BCUT2D eigenvalue weighted by atomic mass is 32.2. The molecule has 10 heteroatoms. The second-order valence-corrected chi connectivity index (χ2v) is 10.9. The monoisotopic (exact) mass is 504 g/mol. The lowest BCUT2D eigenvalue weighted by molar-refractivity contribution is 0.287. The van der Waals surface area contributed by atoms with Gasteiger partial charge < -0.3 is 9.47 Å². The minimum Gasteiger partial charge on any atom is -0.490 e. The van der Waals surface area contributed by atoms with Gasteiger partial charge in [-0.1, -0.05) is 6.07 Å². The first-order valence-corrected chi connectivity index (χ1v) is 13.6. The van der Waals surface area contributed by atoms with Crippen molar-refractivity contribution in [2.75, 3.05) is 22.7 Å². The highest BCUT2D eigenvalue weighted by Crippen LogP contribution is 2.31. The molecular weight excluding hydrogens is 476 g/mol. The van der Waals surface area contributed by atoms with Gasteiger partial charge in [-0.15, -0.1) is 0 Å². The number of hydrogen-bond acceptors (Lipinski definition) is 6. The van der Waals surface area contributed by atoms with E-state index in [1.165, 1.54) is 42.5 Å². The Labute approximate surface area is 201 Å². The van der Waals surface area contributed by atoms with E-state index in [4.69, 9.17) is 9.47 Å². The van der Waals surface area contributed by atoms with E-state index in [0.29, 0.717) is 30.4 Å². The number of benzene rings is 3. The molecule has 3 aromatic rings. The van der Waals surface area contributed by atoms with Crippen LogP contribution >= 0.6 is 0 Å². The fourth-order valence-corrected chi connectivity index (χ4v) is 5.26. The molecular formula is C24H28N2O6S2. The molecule has 2 N–H and O–H groups in total. The Bertz CT molecular complexity index is 1370. The third kappa shape index (κ3) is 6.00. The van der Waals surface area contributed by atoms with Crippen LogP contribution in [-0.2, 0) is 20.0 Å². The molecule has 0 amide bonds. The predicted octanol–water partition coefficient (Wildman–Crippen LogP) is 4.70. The molecule has 0 unspecified atom stereocenters. The average molecular weight is 505 g/mol. The SMILES string of the molecule is CCOc1ccc(S(=O)(=O)Nc2ccc(S(=O)(=O)Nc3ccc(C)c(C)c3)cc2)cc1OCC. The molecule has 0 radical (unpaired) electrons. The van der Waals surface area contributed by atoms with Gasteiger partial charge in [-0.3, -0.25) is 9.44 Å². The van der Waals surface area contributed by atoms with Gasteiger partial charge in [0.25, 0.3) is 20.0 Å². The summed E-state index contributed by atoms with van der Waals surface area (Å²) in [7, 11) is -7.78. The Morgan fingerprint density at radius 1 is 0.618 bits per heavy atom. The standard InChI is InChI=1S/C24H28N2O6S2/c1-5-31-23-14-13-22(16-24(23)32-6-2)34(29,30)25-19-9-11-21(12-10-19)33(27,28)26-20-8-7-17(3)18(4)15-20/h7-16,25-26H,5-6H2,1-4H3. The van der Waals surface area contributed by atoms with Crippen molar-refractivity contribution in [3.05, 3.63) is 71.8 Å². The first kappa shape index (κ1) is 25.4. The summed E-state index contributed by atoms with van der Waals surface area (Å²) in [6, 6.07) is 15.1. The molecule has 0 saturated heterocycles. The van der Waals surface area contributed by atoms with Gasteiger partial charge in [0.05, 0.1) is 23.0 Å². The van der Waals surface area contributed by atoms with Gasteiger partial charge in [0.2, 0.25) is 0 Å². The van der Waals surface area contributed by atoms with Gasteiger partial charge in [-0.2, -0.15) is 0 Å². The van der Waals surface area contributed by atoms with Crippen molar-refractivity contribution in [1.82, 2.24) is 0 Å². The van der Waals surface area contributed by atoms with Crippen LogP contribution in [0.2, 0.25) is 0 Å². The molecule has 0 saturated carbocycles. The number of anilines is 2. The molecule has 3 aromatic carbocycles. The summed E-state index contributed by atoms with van der Waals surface area (Å²) in [5.74, 6) is 0.778. The Balaban J connectivity index is 1.79. The zero-order valence-electron chi connectivity index (χ0n) is 19.5. The van der Waals surface area contributed by atoms with Gasteiger partial charge in [0.1, 0.15) is 0 Å². The topological polar surface area (TPSA) is 111 Å². The van der Waals surface area contributed by atoms with Crippen molar-refractivity contribution in [1.29, 1.82) is 0 Å². The normalized spacial score (nSPS) is 11.6. The number of aryl methyl sites for hydroxylation is 2. The molecule has 0 aliphatic heterocycles. The minimum absolute atomic E-state index is 0.00694. The number of rotatable bonds is 10. The van der Waals surface area contributed by atoms with Crippen molar-refractivity contribution in [3.8, 4) is 11.5 Å². The van der Waals surface area contributed by atoms with Crippen LogP contribution in [0.3, 0.4) is 0 Å². The number of nitrogens with one attached hydrogen (secondary N) is 2. The Kier molecular flexibility index (Phi) is 7.73. The fourth-order valence-electron chi connectivity index (χ4n) is 3.13. The van der Waals surface area contributed by atoms with Crippen LogP contribution in [0.25, 0.3) is 0 Å². The van der Waals surface area contributed by atoms with Gasteiger partial charge >= 0.3 is 0 Å². The Morgan fingerprint density at radius 3 is 1.76 bits per heavy atom. The predicted molar refractivity (Wildman–Crippen MR) is 133 cm³/mol. The second-order valence-electron chi connectivity index (χ2n) is 7.51. The molecule has 0 fully saturated rings. The summed E-state index contributed by atoms with van der Waals surface area (Å²) in [6.07, 6.45) is 0. The summed E-state index contributed by atoms with van der Waals surface area (Å²) in [6.45, 7) is 8.22. The van der Waals surface area contributed by atoms with Crippen LogP contribution in [0, 0.1) is 13.8 Å². The van der Waals surface area contributed by atoms with Gasteiger partial charge in [0.15, 0.2) is 11.5 Å². The lowest BCUT2D eigenvalue weighted by Crippen LogP contribution is -2.15. The van der Waals surface area contributed by atoms with Crippen LogP contribution in [0.4, 0.5) is 11.4 Å². The maximum Gasteiger partial charge on any atom is 0.262 e. The van der Waals surface area contributed by atoms with Crippen molar-refractivity contribution >= 4 is 31.4 Å². The smallest absolute Gasteiger partial charge is 0.262 e. The fraction of sp³-hybridized carbons (Fsp3) is 0.250. The second kappa shape index (κ2) is 10.4. The highest BCUT2D eigenvalue weighted by molar-refractivity contribution is 7.93. The third-order valence-corrected chi connectivity index (χ3v) is 7.78. The van der Waals surface area contributed by atoms with Crippen molar-refractivity contribution < 1.29 is 26.3 Å². The van der Waals surface area contributed by atoms with Crippen LogP contribution in [0.5, 0.6) is 11.5 Å². The largest absolute Gasteiger partial charge is 0.490 e. The highest BCUT2D eigenvalue weighted by Gasteiger charge is 2.19. The Morgan fingerprint density at radius 2 is 1.15 bits per heavy atom. The van der Waals surface area contributed by atoms with E-state index < -0.39 is 20.0 Å². The van der Waals surface area contributed by atoms with E-state index in [1.807, 2.05) is 26.8 Å². The molecule has 182 valence electrons. The molecule has 0 aliphatic carbocycles. The first-order chi connectivity index (χ1) is 16.1. The third-order valence-electron chi connectivity index (χ3n) is 5.00. The van der Waals surface area contributed by atoms with E-state index in [0.717, 1.165) is 11.1 Å². The van der Waals surface area contributed by atoms with Crippen molar-refractivity contribution in [2.45, 2.75) is 37.5 Å². The summed E-state index contributed by atoms with van der Waals surface area (Å²) in [5.41, 5.74) is 2.69. The van der Waals surface area contributed by atoms with Gasteiger partial charge in [-0.25, -0.2) is 16.8 Å². The molecule has 0 bridgehead atoms. The first-order valence-electron chi connectivity index (χ1n) is 10.7. The number of ether oxygens (including phenoxy) is 2. The summed E-state index contributed by atoms with van der Waals surface area (Å²) in [4.78, 5) is 0.000819. The summed E-state index contributed by atoms with van der Waals surface area (Å²) >= 11 is 0. The molecule has 0 atom stereocenters. The van der Waals surface area contributed by atoms with Gasteiger partial charge in [-0.05, 0) is 87.4 Å². The van der Waals surface area contributed by atoms with E-state index in [2.05, 4.69) is 9.44 Å². The Hall–Kier alpha value is -3.24. The molecule has 0 aromatic heterocycles. The van der Waals surface area contributed by atoms with Gasteiger partial charge in [0, 0.05) is 17.4 Å². The summed E-state index contributed by atoms with van der Waals surface area (Å²) < 4.78 is 67.2. The van der Waals surface area contributed by atoms with Crippen LogP contribution in [0.15, 0.2) is 70.5 Å². The lowest BCUT2D eigenvalue weighted by Gasteiger charge is -2.14. The lowest BCUT2D eigenvalue weighted by atomic mass is 10.1.